The SMILES string of the molecule is Cl.Cl.c1ccncc1.c1ccncc1. The van der Waals surface area contributed by atoms with Crippen molar-refractivity contribution in [1.29, 1.82) is 0 Å². The van der Waals surface area contributed by atoms with Crippen LogP contribution in [-0.4, -0.2) is 9.97 Å². The van der Waals surface area contributed by atoms with Crippen LogP contribution in [0.2, 0.25) is 0 Å². The molecule has 0 bridgehead atoms. The second kappa shape index (κ2) is 11.9. The van der Waals surface area contributed by atoms with Gasteiger partial charge in [-0.15, -0.1) is 24.8 Å². The first kappa shape index (κ1) is 15.4. The van der Waals surface area contributed by atoms with Gasteiger partial charge in [0, 0.05) is 24.8 Å². The van der Waals surface area contributed by atoms with Crippen molar-refractivity contribution >= 4 is 24.8 Å². The summed E-state index contributed by atoms with van der Waals surface area (Å²) in [7, 11) is 0. The molecule has 2 aromatic rings. The number of aromatic nitrogens is 2. The maximum atomic E-state index is 3.78. The van der Waals surface area contributed by atoms with Gasteiger partial charge in [-0.3, -0.25) is 9.97 Å². The van der Waals surface area contributed by atoms with Crippen LogP contribution in [0.5, 0.6) is 0 Å². The van der Waals surface area contributed by atoms with Crippen LogP contribution in [0.1, 0.15) is 0 Å². The zero-order valence-corrected chi connectivity index (χ0v) is 9.12. The number of nitrogens with zero attached hydrogens (tertiary/aromatic N) is 2. The predicted molar refractivity (Wildman–Crippen MR) is 63.0 cm³/mol. The quantitative estimate of drug-likeness (QED) is 0.696. The highest BCUT2D eigenvalue weighted by Gasteiger charge is 1.59. The van der Waals surface area contributed by atoms with Gasteiger partial charge in [-0.05, 0) is 24.3 Å². The van der Waals surface area contributed by atoms with Crippen molar-refractivity contribution in [3.63, 3.8) is 0 Å². The van der Waals surface area contributed by atoms with Crippen LogP contribution in [0.3, 0.4) is 0 Å². The molecule has 4 heteroatoms. The van der Waals surface area contributed by atoms with Crippen molar-refractivity contribution in [3.8, 4) is 0 Å². The van der Waals surface area contributed by atoms with E-state index in [4.69, 9.17) is 0 Å². The smallest absolute Gasteiger partial charge is 0.0267 e. The molecule has 0 saturated carbocycles. The van der Waals surface area contributed by atoms with Crippen LogP contribution in [0, 0.1) is 0 Å². The van der Waals surface area contributed by atoms with Crippen molar-refractivity contribution in [3.05, 3.63) is 61.2 Å². The number of rotatable bonds is 0. The molecular weight excluding hydrogens is 219 g/mol. The lowest BCUT2D eigenvalue weighted by atomic mass is 10.5. The van der Waals surface area contributed by atoms with Gasteiger partial charge in [-0.25, -0.2) is 0 Å². The van der Waals surface area contributed by atoms with Gasteiger partial charge < -0.3 is 0 Å². The molecule has 2 aromatic heterocycles. The molecule has 0 N–H and O–H groups in total. The van der Waals surface area contributed by atoms with Gasteiger partial charge in [0.25, 0.3) is 0 Å². The molecule has 0 aliphatic heterocycles. The first-order valence-corrected chi connectivity index (χ1v) is 3.70. The van der Waals surface area contributed by atoms with E-state index in [0.717, 1.165) is 0 Å². The molecule has 76 valence electrons. The fourth-order valence-corrected chi connectivity index (χ4v) is 0.625. The van der Waals surface area contributed by atoms with Gasteiger partial charge in [0.15, 0.2) is 0 Å². The van der Waals surface area contributed by atoms with Crippen molar-refractivity contribution in [2.45, 2.75) is 0 Å². The predicted octanol–water partition coefficient (Wildman–Crippen LogP) is 3.01. The molecule has 14 heavy (non-hydrogen) atoms. The maximum absolute atomic E-state index is 3.78. The lowest BCUT2D eigenvalue weighted by Gasteiger charge is -1.70. The molecule has 2 heterocycles. The Morgan fingerprint density at radius 3 is 0.786 bits per heavy atom. The Balaban J connectivity index is 0. The van der Waals surface area contributed by atoms with E-state index in [2.05, 4.69) is 9.97 Å². The molecule has 0 radical (unpaired) electrons. The lowest BCUT2D eigenvalue weighted by Crippen LogP contribution is -1.58. The Kier molecular flexibility index (Phi) is 13.0. The third-order valence-electron chi connectivity index (χ3n) is 1.13. The Morgan fingerprint density at radius 2 is 0.714 bits per heavy atom. The first-order valence-electron chi connectivity index (χ1n) is 3.70. The minimum atomic E-state index is 0. The van der Waals surface area contributed by atoms with Crippen LogP contribution in [0.4, 0.5) is 0 Å². The molecule has 0 saturated heterocycles. The van der Waals surface area contributed by atoms with Crippen LogP contribution in [-0.2, 0) is 0 Å². The highest BCUT2D eigenvalue weighted by molar-refractivity contribution is 5.85. The average molecular weight is 231 g/mol. The topological polar surface area (TPSA) is 25.8 Å². The van der Waals surface area contributed by atoms with Crippen molar-refractivity contribution in [2.24, 2.45) is 0 Å². The van der Waals surface area contributed by atoms with Crippen LogP contribution in [0.25, 0.3) is 0 Å². The highest BCUT2D eigenvalue weighted by atomic mass is 35.5. The summed E-state index contributed by atoms with van der Waals surface area (Å²) in [4.78, 5) is 7.57. The Hall–Kier alpha value is -1.12. The molecule has 0 spiro atoms. The van der Waals surface area contributed by atoms with Crippen molar-refractivity contribution in [2.75, 3.05) is 0 Å². The average Bonchev–Trinajstić information content (AvgIpc) is 2.24. The zero-order chi connectivity index (χ0) is 8.49. The fourth-order valence-electron chi connectivity index (χ4n) is 0.625. The van der Waals surface area contributed by atoms with Gasteiger partial charge >= 0.3 is 0 Å². The van der Waals surface area contributed by atoms with E-state index in [0.29, 0.717) is 0 Å². The number of hydrogen-bond donors (Lipinski definition) is 0. The van der Waals surface area contributed by atoms with Gasteiger partial charge in [0.2, 0.25) is 0 Å². The monoisotopic (exact) mass is 230 g/mol. The van der Waals surface area contributed by atoms with E-state index in [1.54, 1.807) is 24.8 Å². The molecule has 2 rings (SSSR count). The van der Waals surface area contributed by atoms with Crippen molar-refractivity contribution in [1.82, 2.24) is 9.97 Å². The van der Waals surface area contributed by atoms with E-state index < -0.39 is 0 Å². The van der Waals surface area contributed by atoms with Gasteiger partial charge in [-0.2, -0.15) is 0 Å². The lowest BCUT2D eigenvalue weighted by molar-refractivity contribution is 1.33. The summed E-state index contributed by atoms with van der Waals surface area (Å²) in [5.74, 6) is 0. The minimum Gasteiger partial charge on any atom is -0.265 e. The molecule has 0 fully saturated rings. The molecular formula is C10H12Cl2N2. The standard InChI is InChI=1S/2C5H5N.2ClH/c2*1-2-4-6-5-3-1;;/h2*1-5H;2*1H. The molecule has 0 aliphatic carbocycles. The molecule has 0 aromatic carbocycles. The largest absolute Gasteiger partial charge is 0.265 e. The maximum Gasteiger partial charge on any atom is 0.0267 e. The molecule has 0 atom stereocenters. The first-order chi connectivity index (χ1) is 6.00. The highest BCUT2D eigenvalue weighted by Crippen LogP contribution is 1.74. The van der Waals surface area contributed by atoms with Gasteiger partial charge in [0.1, 0.15) is 0 Å². The number of halogens is 2. The second-order valence-corrected chi connectivity index (χ2v) is 2.05. The Bertz CT molecular complexity index is 192. The Morgan fingerprint density at radius 1 is 0.429 bits per heavy atom. The third kappa shape index (κ3) is 8.97. The summed E-state index contributed by atoms with van der Waals surface area (Å²) in [6, 6.07) is 11.4. The molecule has 0 amide bonds. The Labute approximate surface area is 96.2 Å². The number of hydrogen-bond acceptors (Lipinski definition) is 2. The van der Waals surface area contributed by atoms with Gasteiger partial charge in [-0.1, -0.05) is 12.1 Å². The molecule has 0 aliphatic rings. The summed E-state index contributed by atoms with van der Waals surface area (Å²) in [5.41, 5.74) is 0. The fraction of sp³-hybridized carbons (Fsp3) is 0. The van der Waals surface area contributed by atoms with Gasteiger partial charge in [0.05, 0.1) is 0 Å². The van der Waals surface area contributed by atoms with E-state index in [1.165, 1.54) is 0 Å². The van der Waals surface area contributed by atoms with Crippen LogP contribution >= 0.6 is 24.8 Å². The summed E-state index contributed by atoms with van der Waals surface area (Å²) >= 11 is 0. The minimum absolute atomic E-state index is 0. The van der Waals surface area contributed by atoms with E-state index >= 15 is 0 Å². The summed E-state index contributed by atoms with van der Waals surface area (Å²) in [5, 5.41) is 0. The number of pyridine rings is 2. The van der Waals surface area contributed by atoms with E-state index in [9.17, 15) is 0 Å². The van der Waals surface area contributed by atoms with Crippen LogP contribution in [0.15, 0.2) is 61.2 Å². The van der Waals surface area contributed by atoms with Crippen molar-refractivity contribution < 1.29 is 0 Å². The molecule has 2 nitrogen and oxygen atoms in total. The van der Waals surface area contributed by atoms with Crippen LogP contribution < -0.4 is 0 Å². The van der Waals surface area contributed by atoms with E-state index in [1.807, 2.05) is 36.4 Å². The molecule has 0 unspecified atom stereocenters. The zero-order valence-electron chi connectivity index (χ0n) is 7.48. The normalized spacial score (nSPS) is 6.86. The summed E-state index contributed by atoms with van der Waals surface area (Å²) in [6.07, 6.45) is 7.00. The third-order valence-corrected chi connectivity index (χ3v) is 1.13. The second-order valence-electron chi connectivity index (χ2n) is 2.05. The summed E-state index contributed by atoms with van der Waals surface area (Å²) < 4.78 is 0. The summed E-state index contributed by atoms with van der Waals surface area (Å²) in [6.45, 7) is 0. The van der Waals surface area contributed by atoms with E-state index in [-0.39, 0.29) is 24.8 Å².